The smallest absolute Gasteiger partial charge is 0.280 e. The highest BCUT2D eigenvalue weighted by Gasteiger charge is 2.30. The van der Waals surface area contributed by atoms with Crippen LogP contribution in [-0.4, -0.2) is 46.0 Å². The number of carbonyl (C=O) groups excluding carboxylic acids is 1. The Morgan fingerprint density at radius 2 is 1.84 bits per heavy atom. The summed E-state index contributed by atoms with van der Waals surface area (Å²) in [4.78, 5) is 14.8. The number of carbonyl (C=O) groups is 1. The lowest BCUT2D eigenvalue weighted by molar-refractivity contribution is 0.0613. The highest BCUT2D eigenvalue weighted by Crippen LogP contribution is 2.25. The number of aromatic nitrogens is 3. The molecule has 0 spiro atoms. The molecule has 0 bridgehead atoms. The van der Waals surface area contributed by atoms with Crippen molar-refractivity contribution in [3.05, 3.63) is 41.1 Å². The molecule has 0 N–H and O–H groups in total. The highest BCUT2D eigenvalue weighted by atomic mass is 16.5. The van der Waals surface area contributed by atoms with E-state index in [2.05, 4.69) is 43.2 Å². The van der Waals surface area contributed by atoms with E-state index in [1.807, 2.05) is 17.0 Å². The number of amides is 1. The molecule has 3 rings (SSSR count). The Kier molecular flexibility index (Phi) is 5.06. The van der Waals surface area contributed by atoms with E-state index in [4.69, 9.17) is 4.74 Å². The second-order valence-corrected chi connectivity index (χ2v) is 7.25. The van der Waals surface area contributed by atoms with Crippen LogP contribution in [0, 0.1) is 18.8 Å². The van der Waals surface area contributed by atoms with Crippen LogP contribution in [0.15, 0.2) is 24.3 Å². The van der Waals surface area contributed by atoms with Crippen LogP contribution in [0.1, 0.15) is 41.9 Å². The first kappa shape index (κ1) is 17.5. The summed E-state index contributed by atoms with van der Waals surface area (Å²) in [7, 11) is 1.56. The second kappa shape index (κ2) is 7.25. The van der Waals surface area contributed by atoms with E-state index in [9.17, 15) is 4.79 Å². The van der Waals surface area contributed by atoms with Gasteiger partial charge in [0.15, 0.2) is 0 Å². The number of hydrogen-bond donors (Lipinski definition) is 0. The molecule has 1 saturated heterocycles. The number of ether oxygens (including phenoxy) is 1. The van der Waals surface area contributed by atoms with E-state index in [0.29, 0.717) is 30.0 Å². The quantitative estimate of drug-likeness (QED) is 0.857. The molecule has 0 saturated carbocycles. The van der Waals surface area contributed by atoms with Crippen LogP contribution < -0.4 is 4.74 Å². The van der Waals surface area contributed by atoms with Crippen molar-refractivity contribution in [2.45, 2.75) is 33.7 Å². The Hall–Kier alpha value is -2.37. The average Bonchev–Trinajstić information content (AvgIpc) is 2.98. The Balaban J connectivity index is 1.81. The fourth-order valence-electron chi connectivity index (χ4n) is 3.59. The standard InChI is InChI=1S/C19H26N4O2/c1-13-5-7-16(8-6-13)12-23-19(25-4)17(20-21-23)18(24)22-10-14(2)9-15(3)11-22/h5-8,14-15H,9-12H2,1-4H3/t14-,15+. The molecule has 1 amide bonds. The molecule has 6 heteroatoms. The van der Waals surface area contributed by atoms with Gasteiger partial charge in [-0.1, -0.05) is 48.9 Å². The molecule has 0 aliphatic carbocycles. The molecular weight excluding hydrogens is 316 g/mol. The van der Waals surface area contributed by atoms with Gasteiger partial charge in [0, 0.05) is 13.1 Å². The summed E-state index contributed by atoms with van der Waals surface area (Å²) >= 11 is 0. The number of piperidine rings is 1. The van der Waals surface area contributed by atoms with Gasteiger partial charge in [0.1, 0.15) is 0 Å². The Morgan fingerprint density at radius 1 is 1.20 bits per heavy atom. The maximum absolute atomic E-state index is 12.9. The van der Waals surface area contributed by atoms with Crippen molar-refractivity contribution in [2.24, 2.45) is 11.8 Å². The van der Waals surface area contributed by atoms with Gasteiger partial charge in [-0.05, 0) is 30.7 Å². The maximum Gasteiger partial charge on any atom is 0.280 e. The molecule has 1 aliphatic rings. The largest absolute Gasteiger partial charge is 0.479 e. The van der Waals surface area contributed by atoms with Gasteiger partial charge in [-0.15, -0.1) is 5.10 Å². The minimum Gasteiger partial charge on any atom is -0.479 e. The zero-order chi connectivity index (χ0) is 18.0. The molecule has 1 aromatic carbocycles. The maximum atomic E-state index is 12.9. The van der Waals surface area contributed by atoms with Crippen LogP contribution in [-0.2, 0) is 6.54 Å². The minimum absolute atomic E-state index is 0.0922. The Morgan fingerprint density at radius 3 is 2.44 bits per heavy atom. The number of likely N-dealkylation sites (tertiary alicyclic amines) is 1. The first-order chi connectivity index (χ1) is 12.0. The van der Waals surface area contributed by atoms with Gasteiger partial charge in [0.25, 0.3) is 5.91 Å². The normalized spacial score (nSPS) is 20.6. The molecule has 6 nitrogen and oxygen atoms in total. The summed E-state index contributed by atoms with van der Waals surface area (Å²) < 4.78 is 7.12. The minimum atomic E-state index is -0.0922. The van der Waals surface area contributed by atoms with Gasteiger partial charge in [-0.2, -0.15) is 0 Å². The second-order valence-electron chi connectivity index (χ2n) is 7.25. The van der Waals surface area contributed by atoms with Gasteiger partial charge in [0.2, 0.25) is 11.6 Å². The van der Waals surface area contributed by atoms with Crippen molar-refractivity contribution in [2.75, 3.05) is 20.2 Å². The van der Waals surface area contributed by atoms with Crippen LogP contribution in [0.25, 0.3) is 0 Å². The molecule has 1 aromatic heterocycles. The van der Waals surface area contributed by atoms with Crippen molar-refractivity contribution >= 4 is 5.91 Å². The summed E-state index contributed by atoms with van der Waals surface area (Å²) in [6.45, 7) is 8.46. The fraction of sp³-hybridized carbons (Fsp3) is 0.526. The van der Waals surface area contributed by atoms with Crippen molar-refractivity contribution in [1.82, 2.24) is 19.9 Å². The topological polar surface area (TPSA) is 60.2 Å². The van der Waals surface area contributed by atoms with E-state index in [1.54, 1.807) is 11.8 Å². The van der Waals surface area contributed by atoms with Crippen molar-refractivity contribution in [3.63, 3.8) is 0 Å². The first-order valence-electron chi connectivity index (χ1n) is 8.80. The van der Waals surface area contributed by atoms with E-state index in [0.717, 1.165) is 25.1 Å². The monoisotopic (exact) mass is 342 g/mol. The first-order valence-corrected chi connectivity index (χ1v) is 8.80. The SMILES string of the molecule is COc1c(C(=O)N2C[C@H](C)C[C@H](C)C2)nnn1Cc1ccc(C)cc1. The third kappa shape index (κ3) is 3.83. The molecule has 1 aliphatic heterocycles. The third-order valence-electron chi connectivity index (χ3n) is 4.69. The van der Waals surface area contributed by atoms with E-state index in [1.165, 1.54) is 5.56 Å². The number of aryl methyl sites for hydroxylation is 1. The van der Waals surface area contributed by atoms with Gasteiger partial charge in [-0.3, -0.25) is 4.79 Å². The zero-order valence-corrected chi connectivity index (χ0v) is 15.4. The van der Waals surface area contributed by atoms with Crippen molar-refractivity contribution in [3.8, 4) is 5.88 Å². The number of rotatable bonds is 4. The van der Waals surface area contributed by atoms with Gasteiger partial charge in [0.05, 0.1) is 13.7 Å². The molecule has 0 radical (unpaired) electrons. The molecule has 0 unspecified atom stereocenters. The summed E-state index contributed by atoms with van der Waals surface area (Å²) in [6.07, 6.45) is 1.15. The molecule has 2 aromatic rings. The van der Waals surface area contributed by atoms with E-state index < -0.39 is 0 Å². The highest BCUT2D eigenvalue weighted by molar-refractivity contribution is 5.94. The predicted octanol–water partition coefficient (Wildman–Crippen LogP) is 2.76. The lowest BCUT2D eigenvalue weighted by atomic mass is 9.92. The summed E-state index contributed by atoms with van der Waals surface area (Å²) in [6, 6.07) is 8.21. The van der Waals surface area contributed by atoms with Crippen LogP contribution in [0.2, 0.25) is 0 Å². The fourth-order valence-corrected chi connectivity index (χ4v) is 3.59. The Labute approximate surface area is 148 Å². The summed E-state index contributed by atoms with van der Waals surface area (Å²) in [5.41, 5.74) is 2.60. The molecular formula is C19H26N4O2. The average molecular weight is 342 g/mol. The third-order valence-corrected chi connectivity index (χ3v) is 4.69. The number of nitrogens with zero attached hydrogens (tertiary/aromatic N) is 4. The lowest BCUT2D eigenvalue weighted by Crippen LogP contribution is -2.42. The Bertz CT molecular complexity index is 728. The van der Waals surface area contributed by atoms with Crippen LogP contribution in [0.5, 0.6) is 5.88 Å². The van der Waals surface area contributed by atoms with Crippen LogP contribution in [0.3, 0.4) is 0 Å². The van der Waals surface area contributed by atoms with Crippen LogP contribution >= 0.6 is 0 Å². The molecule has 2 atom stereocenters. The van der Waals surface area contributed by atoms with Gasteiger partial charge >= 0.3 is 0 Å². The molecule has 134 valence electrons. The molecule has 25 heavy (non-hydrogen) atoms. The van der Waals surface area contributed by atoms with Gasteiger partial charge < -0.3 is 9.64 Å². The van der Waals surface area contributed by atoms with Crippen molar-refractivity contribution < 1.29 is 9.53 Å². The molecule has 1 fully saturated rings. The number of methoxy groups -OCH3 is 1. The lowest BCUT2D eigenvalue weighted by Gasteiger charge is -2.34. The van der Waals surface area contributed by atoms with Crippen LogP contribution in [0.4, 0.5) is 0 Å². The summed E-state index contributed by atoms with van der Waals surface area (Å²) in [5.74, 6) is 1.34. The van der Waals surface area contributed by atoms with E-state index >= 15 is 0 Å². The number of hydrogen-bond acceptors (Lipinski definition) is 4. The zero-order valence-electron chi connectivity index (χ0n) is 15.4. The van der Waals surface area contributed by atoms with Crippen molar-refractivity contribution in [1.29, 1.82) is 0 Å². The predicted molar refractivity (Wildman–Crippen MR) is 95.7 cm³/mol. The number of benzene rings is 1. The van der Waals surface area contributed by atoms with Gasteiger partial charge in [-0.25, -0.2) is 4.68 Å². The molecule has 2 heterocycles. The summed E-state index contributed by atoms with van der Waals surface area (Å²) in [5, 5.41) is 8.28. The van der Waals surface area contributed by atoms with E-state index in [-0.39, 0.29) is 5.91 Å².